The summed E-state index contributed by atoms with van der Waals surface area (Å²) in [6, 6.07) is 8.90. The van der Waals surface area contributed by atoms with Gasteiger partial charge in [-0.3, -0.25) is 0 Å². The minimum Gasteiger partial charge on any atom is -0.480 e. The predicted molar refractivity (Wildman–Crippen MR) is 67.2 cm³/mol. The zero-order valence-corrected chi connectivity index (χ0v) is 10.2. The Morgan fingerprint density at radius 1 is 1.32 bits per heavy atom. The molecule has 2 aromatic rings. The third-order valence-electron chi connectivity index (χ3n) is 3.25. The van der Waals surface area contributed by atoms with E-state index in [0.29, 0.717) is 18.9 Å². The first kappa shape index (κ1) is 11.6. The van der Waals surface area contributed by atoms with Gasteiger partial charge in [0.2, 0.25) is 0 Å². The Bertz CT molecular complexity index is 583. The fourth-order valence-corrected chi connectivity index (χ4v) is 2.36. The molecule has 98 valence electrons. The molecule has 7 nitrogen and oxygen atoms in total. The van der Waals surface area contributed by atoms with Crippen LogP contribution in [0.5, 0.6) is 0 Å². The van der Waals surface area contributed by atoms with Gasteiger partial charge in [-0.1, -0.05) is 23.3 Å². The standard InChI is InChI=1S/C12H13N5O2/c18-11(19)10-7-4-8-16(10)12-13-14-15-17(12)9-5-2-1-3-6-9/h1-3,5-6,10H,4,7-8H2,(H,18,19)/t10-/m0/s1. The van der Waals surface area contributed by atoms with Crippen molar-refractivity contribution in [2.45, 2.75) is 18.9 Å². The van der Waals surface area contributed by atoms with Crippen molar-refractivity contribution in [3.63, 3.8) is 0 Å². The smallest absolute Gasteiger partial charge is 0.326 e. The van der Waals surface area contributed by atoms with Crippen LogP contribution in [0.3, 0.4) is 0 Å². The summed E-state index contributed by atoms with van der Waals surface area (Å²) in [6.45, 7) is 0.657. The molecule has 0 unspecified atom stereocenters. The predicted octanol–water partition coefficient (Wildman–Crippen LogP) is 0.716. The molecule has 19 heavy (non-hydrogen) atoms. The summed E-state index contributed by atoms with van der Waals surface area (Å²) in [5.74, 6) is -0.351. The highest BCUT2D eigenvalue weighted by Gasteiger charge is 2.34. The number of aliphatic carboxylic acids is 1. The fraction of sp³-hybridized carbons (Fsp3) is 0.333. The van der Waals surface area contributed by atoms with Crippen molar-refractivity contribution in [1.82, 2.24) is 20.2 Å². The summed E-state index contributed by atoms with van der Waals surface area (Å²) in [6.07, 6.45) is 1.45. The Hall–Kier alpha value is -2.44. The van der Waals surface area contributed by atoms with E-state index in [9.17, 15) is 9.90 Å². The van der Waals surface area contributed by atoms with Crippen molar-refractivity contribution in [2.24, 2.45) is 0 Å². The first-order valence-electron chi connectivity index (χ1n) is 6.10. The van der Waals surface area contributed by atoms with Crippen LogP contribution < -0.4 is 4.90 Å². The minimum absolute atomic E-state index is 0.483. The Morgan fingerprint density at radius 3 is 2.84 bits per heavy atom. The second kappa shape index (κ2) is 4.68. The maximum atomic E-state index is 11.2. The van der Waals surface area contributed by atoms with Crippen molar-refractivity contribution in [2.75, 3.05) is 11.4 Å². The van der Waals surface area contributed by atoms with Crippen molar-refractivity contribution in [3.8, 4) is 5.69 Å². The van der Waals surface area contributed by atoms with Crippen LogP contribution >= 0.6 is 0 Å². The number of carboxylic acid groups (broad SMARTS) is 1. The Kier molecular flexibility index (Phi) is 2.86. The van der Waals surface area contributed by atoms with Crippen LogP contribution in [0.2, 0.25) is 0 Å². The normalized spacial score (nSPS) is 18.7. The van der Waals surface area contributed by atoms with Crippen molar-refractivity contribution in [1.29, 1.82) is 0 Å². The molecule has 1 atom stereocenters. The van der Waals surface area contributed by atoms with Gasteiger partial charge in [0.1, 0.15) is 6.04 Å². The molecule has 1 aliphatic rings. The number of aromatic nitrogens is 4. The number of anilines is 1. The van der Waals surface area contributed by atoms with E-state index in [0.717, 1.165) is 12.1 Å². The van der Waals surface area contributed by atoms with Crippen LogP contribution in [0.1, 0.15) is 12.8 Å². The molecule has 0 aliphatic carbocycles. The van der Waals surface area contributed by atoms with E-state index in [1.807, 2.05) is 30.3 Å². The third kappa shape index (κ3) is 2.03. The van der Waals surface area contributed by atoms with Crippen molar-refractivity contribution in [3.05, 3.63) is 30.3 Å². The summed E-state index contributed by atoms with van der Waals surface area (Å²) in [7, 11) is 0. The molecule has 7 heteroatoms. The molecular formula is C12H13N5O2. The van der Waals surface area contributed by atoms with E-state index in [-0.39, 0.29) is 0 Å². The zero-order chi connectivity index (χ0) is 13.2. The van der Waals surface area contributed by atoms with Crippen LogP contribution in [-0.2, 0) is 4.79 Å². The first-order chi connectivity index (χ1) is 9.27. The molecule has 2 heterocycles. The van der Waals surface area contributed by atoms with Crippen molar-refractivity contribution >= 4 is 11.9 Å². The van der Waals surface area contributed by atoms with E-state index >= 15 is 0 Å². The fourth-order valence-electron chi connectivity index (χ4n) is 2.36. The lowest BCUT2D eigenvalue weighted by molar-refractivity contribution is -0.138. The first-order valence-corrected chi connectivity index (χ1v) is 6.10. The summed E-state index contributed by atoms with van der Waals surface area (Å²) >= 11 is 0. The van der Waals surface area contributed by atoms with Gasteiger partial charge in [-0.05, 0) is 35.4 Å². The number of benzene rings is 1. The number of carboxylic acids is 1. The average molecular weight is 259 g/mol. The molecule has 1 aromatic heterocycles. The largest absolute Gasteiger partial charge is 0.480 e. The van der Waals surface area contributed by atoms with E-state index in [2.05, 4.69) is 15.5 Å². The zero-order valence-electron chi connectivity index (χ0n) is 10.2. The highest BCUT2D eigenvalue weighted by atomic mass is 16.4. The highest BCUT2D eigenvalue weighted by Crippen LogP contribution is 2.24. The van der Waals surface area contributed by atoms with E-state index in [1.165, 1.54) is 0 Å². The maximum absolute atomic E-state index is 11.2. The quantitative estimate of drug-likeness (QED) is 0.874. The molecule has 1 aliphatic heterocycles. The summed E-state index contributed by atoms with van der Waals surface area (Å²) in [5, 5.41) is 20.8. The second-order valence-corrected chi connectivity index (χ2v) is 4.42. The Balaban J connectivity index is 1.99. The number of hydrogen-bond donors (Lipinski definition) is 1. The Labute approximate surface area is 109 Å². The molecule has 1 fully saturated rings. The third-order valence-corrected chi connectivity index (χ3v) is 3.25. The molecular weight excluding hydrogens is 246 g/mol. The number of carbonyl (C=O) groups is 1. The number of hydrogen-bond acceptors (Lipinski definition) is 5. The highest BCUT2D eigenvalue weighted by molar-refractivity contribution is 5.78. The van der Waals surface area contributed by atoms with E-state index in [4.69, 9.17) is 0 Å². The van der Waals surface area contributed by atoms with Crippen LogP contribution in [0, 0.1) is 0 Å². The van der Waals surface area contributed by atoms with Gasteiger partial charge in [0.05, 0.1) is 5.69 Å². The summed E-state index contributed by atoms with van der Waals surface area (Å²) in [5.41, 5.74) is 0.818. The van der Waals surface area contributed by atoms with Crippen LogP contribution in [-0.4, -0.2) is 43.9 Å². The lowest BCUT2D eigenvalue weighted by Crippen LogP contribution is -2.37. The summed E-state index contributed by atoms with van der Waals surface area (Å²) in [4.78, 5) is 13.0. The molecule has 1 aromatic carbocycles. The van der Waals surface area contributed by atoms with Gasteiger partial charge in [0.25, 0.3) is 5.95 Å². The number of para-hydroxylation sites is 1. The van der Waals surface area contributed by atoms with Gasteiger partial charge in [-0.25, -0.2) is 4.79 Å². The van der Waals surface area contributed by atoms with Gasteiger partial charge in [-0.2, -0.15) is 4.68 Å². The van der Waals surface area contributed by atoms with Gasteiger partial charge in [-0.15, -0.1) is 0 Å². The molecule has 0 radical (unpaired) electrons. The maximum Gasteiger partial charge on any atom is 0.326 e. The van der Waals surface area contributed by atoms with Gasteiger partial charge < -0.3 is 10.0 Å². The number of nitrogens with zero attached hydrogens (tertiary/aromatic N) is 5. The molecule has 3 rings (SSSR count). The van der Waals surface area contributed by atoms with Gasteiger partial charge >= 0.3 is 5.97 Å². The molecule has 1 saturated heterocycles. The number of tetrazole rings is 1. The number of rotatable bonds is 3. The lowest BCUT2D eigenvalue weighted by Gasteiger charge is -2.21. The van der Waals surface area contributed by atoms with Gasteiger partial charge in [0.15, 0.2) is 0 Å². The van der Waals surface area contributed by atoms with Crippen LogP contribution in [0.25, 0.3) is 5.69 Å². The molecule has 0 bridgehead atoms. The molecule has 0 amide bonds. The molecule has 0 spiro atoms. The van der Waals surface area contributed by atoms with Gasteiger partial charge in [0, 0.05) is 6.54 Å². The SMILES string of the molecule is O=C(O)[C@@H]1CCCN1c1nnnn1-c1ccccc1. The van der Waals surface area contributed by atoms with E-state index in [1.54, 1.807) is 9.58 Å². The average Bonchev–Trinajstić information content (AvgIpc) is 3.08. The van der Waals surface area contributed by atoms with Crippen molar-refractivity contribution < 1.29 is 9.90 Å². The second-order valence-electron chi connectivity index (χ2n) is 4.42. The summed E-state index contributed by atoms with van der Waals surface area (Å²) < 4.78 is 1.57. The monoisotopic (exact) mass is 259 g/mol. The Morgan fingerprint density at radius 2 is 2.11 bits per heavy atom. The van der Waals surface area contributed by atoms with Crippen LogP contribution in [0.4, 0.5) is 5.95 Å². The molecule has 1 N–H and O–H groups in total. The topological polar surface area (TPSA) is 84.1 Å². The van der Waals surface area contributed by atoms with E-state index < -0.39 is 12.0 Å². The minimum atomic E-state index is -0.833. The molecule has 0 saturated carbocycles. The lowest BCUT2D eigenvalue weighted by atomic mass is 10.2. The van der Waals surface area contributed by atoms with Crippen LogP contribution in [0.15, 0.2) is 30.3 Å².